The zero-order chi connectivity index (χ0) is 12.2. The van der Waals surface area contributed by atoms with Gasteiger partial charge in [-0.3, -0.25) is 0 Å². The molecule has 0 aliphatic heterocycles. The summed E-state index contributed by atoms with van der Waals surface area (Å²) in [5, 5.41) is 2.45. The molecule has 0 amide bonds. The second-order valence-corrected chi connectivity index (χ2v) is 3.33. The topological polar surface area (TPSA) is 24.9 Å². The van der Waals surface area contributed by atoms with Crippen molar-refractivity contribution >= 4 is 17.4 Å². The Kier molecular flexibility index (Phi) is 4.02. The van der Waals surface area contributed by atoms with Crippen molar-refractivity contribution in [2.24, 2.45) is 0 Å². The number of terminal acetylenes is 1. The van der Waals surface area contributed by atoms with E-state index >= 15 is 0 Å². The van der Waals surface area contributed by atoms with Gasteiger partial charge in [-0.15, -0.1) is 12.3 Å². The molecule has 0 unspecified atom stereocenters. The summed E-state index contributed by atoms with van der Waals surface area (Å²) in [4.78, 5) is 3.70. The average Bonchev–Trinajstić information content (AvgIpc) is 2.16. The molecule has 0 radical (unpaired) electrons. The molecular formula is C10H8ClF3N2. The molecule has 0 spiro atoms. The van der Waals surface area contributed by atoms with E-state index in [9.17, 15) is 13.2 Å². The number of hydrogen-bond donors (Lipinski definition) is 1. The van der Waals surface area contributed by atoms with Gasteiger partial charge in [-0.1, -0.05) is 11.6 Å². The highest BCUT2D eigenvalue weighted by Gasteiger charge is 2.31. The van der Waals surface area contributed by atoms with E-state index < -0.39 is 11.7 Å². The Balaban J connectivity index is 2.87. The number of nitrogens with zero attached hydrogens (tertiary/aromatic N) is 1. The number of pyridine rings is 1. The first kappa shape index (κ1) is 12.7. The minimum Gasteiger partial charge on any atom is -0.369 e. The summed E-state index contributed by atoms with van der Waals surface area (Å²) >= 11 is 5.48. The first-order valence-electron chi connectivity index (χ1n) is 4.35. The van der Waals surface area contributed by atoms with Crippen molar-refractivity contribution in [3.8, 4) is 12.3 Å². The maximum atomic E-state index is 12.4. The van der Waals surface area contributed by atoms with Gasteiger partial charge in [-0.05, 0) is 12.1 Å². The predicted molar refractivity (Wildman–Crippen MR) is 56.2 cm³/mol. The molecule has 0 aliphatic rings. The maximum absolute atomic E-state index is 12.4. The smallest absolute Gasteiger partial charge is 0.369 e. The Morgan fingerprint density at radius 2 is 2.12 bits per heavy atom. The zero-order valence-electron chi connectivity index (χ0n) is 8.11. The van der Waals surface area contributed by atoms with E-state index in [0.29, 0.717) is 13.0 Å². The van der Waals surface area contributed by atoms with Crippen LogP contribution in [0.3, 0.4) is 0 Å². The monoisotopic (exact) mass is 248 g/mol. The van der Waals surface area contributed by atoms with Gasteiger partial charge in [0, 0.05) is 13.0 Å². The summed E-state index contributed by atoms with van der Waals surface area (Å²) < 4.78 is 37.2. The highest BCUT2D eigenvalue weighted by atomic mass is 35.5. The number of aromatic nitrogens is 1. The molecule has 1 heterocycles. The molecule has 16 heavy (non-hydrogen) atoms. The van der Waals surface area contributed by atoms with Crippen molar-refractivity contribution < 1.29 is 13.2 Å². The van der Waals surface area contributed by atoms with Crippen LogP contribution < -0.4 is 5.32 Å². The fraction of sp³-hybridized carbons (Fsp3) is 0.300. The lowest BCUT2D eigenvalue weighted by molar-refractivity contribution is -0.137. The fourth-order valence-corrected chi connectivity index (χ4v) is 1.22. The zero-order valence-corrected chi connectivity index (χ0v) is 8.86. The molecule has 6 heteroatoms. The molecule has 0 saturated carbocycles. The van der Waals surface area contributed by atoms with Gasteiger partial charge in [0.2, 0.25) is 0 Å². The highest BCUT2D eigenvalue weighted by molar-refractivity contribution is 6.29. The van der Waals surface area contributed by atoms with Gasteiger partial charge in [0.25, 0.3) is 0 Å². The summed E-state index contributed by atoms with van der Waals surface area (Å²) in [5.41, 5.74) is -0.837. The summed E-state index contributed by atoms with van der Waals surface area (Å²) in [6.45, 7) is 0.348. The van der Waals surface area contributed by atoms with Crippen LogP contribution in [0, 0.1) is 12.3 Å². The highest BCUT2D eigenvalue weighted by Crippen LogP contribution is 2.31. The number of nitrogens with one attached hydrogen (secondary N) is 1. The van der Waals surface area contributed by atoms with E-state index in [2.05, 4.69) is 16.2 Å². The van der Waals surface area contributed by atoms with Crippen LogP contribution in [0.5, 0.6) is 0 Å². The summed E-state index contributed by atoms with van der Waals surface area (Å²) in [5.74, 6) is 2.42. The second-order valence-electron chi connectivity index (χ2n) is 2.94. The summed E-state index contributed by atoms with van der Waals surface area (Å²) in [6, 6.07) is 1.66. The number of alkyl halides is 3. The Morgan fingerprint density at radius 3 is 2.69 bits per heavy atom. The molecule has 0 saturated heterocycles. The van der Waals surface area contributed by atoms with Crippen molar-refractivity contribution in [1.29, 1.82) is 0 Å². The normalized spacial score (nSPS) is 10.9. The van der Waals surface area contributed by atoms with E-state index in [4.69, 9.17) is 18.0 Å². The number of halogens is 4. The Morgan fingerprint density at radius 1 is 1.44 bits per heavy atom. The molecule has 0 aromatic carbocycles. The van der Waals surface area contributed by atoms with Crippen LogP contribution in [0.15, 0.2) is 12.1 Å². The molecule has 0 atom stereocenters. The molecular weight excluding hydrogens is 241 g/mol. The van der Waals surface area contributed by atoms with Crippen molar-refractivity contribution in [2.75, 3.05) is 11.9 Å². The van der Waals surface area contributed by atoms with Gasteiger partial charge < -0.3 is 5.32 Å². The van der Waals surface area contributed by atoms with Gasteiger partial charge in [0.05, 0.1) is 5.56 Å². The Bertz CT molecular complexity index is 410. The van der Waals surface area contributed by atoms with Crippen LogP contribution in [-0.4, -0.2) is 11.5 Å². The Labute approximate surface area is 95.8 Å². The molecule has 0 fully saturated rings. The fourth-order valence-electron chi connectivity index (χ4n) is 1.01. The van der Waals surface area contributed by atoms with E-state index in [1.54, 1.807) is 0 Å². The number of anilines is 1. The van der Waals surface area contributed by atoms with E-state index in [-0.39, 0.29) is 11.0 Å². The van der Waals surface area contributed by atoms with Crippen molar-refractivity contribution in [2.45, 2.75) is 12.6 Å². The molecule has 1 aromatic rings. The Hall–Kier alpha value is -1.41. The van der Waals surface area contributed by atoms with Crippen LogP contribution in [0.2, 0.25) is 5.15 Å². The van der Waals surface area contributed by atoms with Crippen molar-refractivity contribution in [3.05, 3.63) is 22.8 Å². The summed E-state index contributed by atoms with van der Waals surface area (Å²) in [7, 11) is 0. The quantitative estimate of drug-likeness (QED) is 0.505. The minimum absolute atomic E-state index is 0.0649. The average molecular weight is 249 g/mol. The van der Waals surface area contributed by atoms with E-state index in [1.807, 2.05) is 0 Å². The van der Waals surface area contributed by atoms with Gasteiger partial charge in [-0.2, -0.15) is 13.2 Å². The van der Waals surface area contributed by atoms with Crippen molar-refractivity contribution in [1.82, 2.24) is 4.98 Å². The van der Waals surface area contributed by atoms with Crippen molar-refractivity contribution in [3.63, 3.8) is 0 Å². The van der Waals surface area contributed by atoms with Crippen LogP contribution >= 0.6 is 11.6 Å². The SMILES string of the molecule is C#CCCNc1cc(C(F)(F)F)cc(Cl)n1. The molecule has 86 valence electrons. The molecule has 1 aromatic heterocycles. The second kappa shape index (κ2) is 5.08. The van der Waals surface area contributed by atoms with Gasteiger partial charge >= 0.3 is 6.18 Å². The van der Waals surface area contributed by atoms with Crippen LogP contribution in [0.4, 0.5) is 19.0 Å². The molecule has 2 nitrogen and oxygen atoms in total. The van der Waals surface area contributed by atoms with Gasteiger partial charge in [0.1, 0.15) is 11.0 Å². The lowest BCUT2D eigenvalue weighted by atomic mass is 10.2. The van der Waals surface area contributed by atoms with E-state index in [0.717, 1.165) is 12.1 Å². The predicted octanol–water partition coefficient (Wildman–Crippen LogP) is 3.19. The van der Waals surface area contributed by atoms with Crippen LogP contribution in [0.25, 0.3) is 0 Å². The van der Waals surface area contributed by atoms with Gasteiger partial charge in [0.15, 0.2) is 0 Å². The van der Waals surface area contributed by atoms with E-state index in [1.165, 1.54) is 0 Å². The molecule has 1 rings (SSSR count). The molecule has 0 aliphatic carbocycles. The lowest BCUT2D eigenvalue weighted by Crippen LogP contribution is -2.08. The summed E-state index contributed by atoms with van der Waals surface area (Å²) in [6.07, 6.45) is 0.968. The van der Waals surface area contributed by atoms with Gasteiger partial charge in [-0.25, -0.2) is 4.98 Å². The number of rotatable bonds is 3. The first-order chi connectivity index (χ1) is 7.43. The first-order valence-corrected chi connectivity index (χ1v) is 4.73. The van der Waals surface area contributed by atoms with Crippen LogP contribution in [0.1, 0.15) is 12.0 Å². The standard InChI is InChI=1S/C10H8ClF3N2/c1-2-3-4-15-9-6-7(10(12,13)14)5-8(11)16-9/h1,5-6H,3-4H2,(H,15,16). The molecule has 0 bridgehead atoms. The molecule has 1 N–H and O–H groups in total. The third kappa shape index (κ3) is 3.63. The third-order valence-corrected chi connectivity index (χ3v) is 1.89. The van der Waals surface area contributed by atoms with Crippen LogP contribution in [-0.2, 0) is 6.18 Å². The lowest BCUT2D eigenvalue weighted by Gasteiger charge is -2.09. The number of hydrogen-bond acceptors (Lipinski definition) is 2. The minimum atomic E-state index is -4.44. The largest absolute Gasteiger partial charge is 0.416 e. The maximum Gasteiger partial charge on any atom is 0.416 e. The third-order valence-electron chi connectivity index (χ3n) is 1.70.